The number of anilines is 1. The number of hydrogen-bond donors (Lipinski definition) is 1. The molecule has 2 N–H and O–H groups in total. The Morgan fingerprint density at radius 2 is 2.00 bits per heavy atom. The second-order valence-corrected chi connectivity index (χ2v) is 6.77. The van der Waals surface area contributed by atoms with Gasteiger partial charge in [0.2, 0.25) is 11.8 Å². The predicted octanol–water partition coefficient (Wildman–Crippen LogP) is 3.80. The number of pyridine rings is 1. The van der Waals surface area contributed by atoms with Gasteiger partial charge in [-0.15, -0.1) is 0 Å². The molecule has 2 atom stereocenters. The lowest BCUT2D eigenvalue weighted by molar-refractivity contribution is 0.110. The molecule has 4 heteroatoms. The van der Waals surface area contributed by atoms with Gasteiger partial charge in [0.05, 0.1) is 5.69 Å². The molecule has 0 amide bonds. The summed E-state index contributed by atoms with van der Waals surface area (Å²) in [6.45, 7) is 8.21. The zero-order valence-electron chi connectivity index (χ0n) is 13.0. The van der Waals surface area contributed by atoms with Crippen LogP contribution in [0.5, 0.6) is 11.8 Å². The van der Waals surface area contributed by atoms with E-state index in [1.54, 1.807) is 6.07 Å². The number of ether oxygens (including phenoxy) is 2. The van der Waals surface area contributed by atoms with Gasteiger partial charge >= 0.3 is 0 Å². The van der Waals surface area contributed by atoms with Gasteiger partial charge in [0.15, 0.2) is 0 Å². The summed E-state index contributed by atoms with van der Waals surface area (Å²) in [6.07, 6.45) is 4.99. The normalized spacial score (nSPS) is 23.4. The topological polar surface area (TPSA) is 57.4 Å². The van der Waals surface area contributed by atoms with Crippen LogP contribution in [-0.2, 0) is 0 Å². The molecule has 1 saturated carbocycles. The quantitative estimate of drug-likeness (QED) is 0.913. The van der Waals surface area contributed by atoms with Gasteiger partial charge < -0.3 is 15.2 Å². The van der Waals surface area contributed by atoms with E-state index in [2.05, 4.69) is 11.9 Å². The number of aromatic nitrogens is 1. The van der Waals surface area contributed by atoms with Crippen LogP contribution in [0.2, 0.25) is 0 Å². The maximum atomic E-state index is 5.99. The average molecular weight is 278 g/mol. The summed E-state index contributed by atoms with van der Waals surface area (Å²) in [5.41, 5.74) is 6.13. The number of nitrogens with zero attached hydrogens (tertiary/aromatic N) is 1. The smallest absolute Gasteiger partial charge is 0.241 e. The van der Waals surface area contributed by atoms with E-state index in [-0.39, 0.29) is 11.7 Å². The van der Waals surface area contributed by atoms with E-state index in [0.29, 0.717) is 17.4 Å². The maximum absolute atomic E-state index is 5.99. The lowest BCUT2D eigenvalue weighted by Gasteiger charge is -2.27. The van der Waals surface area contributed by atoms with E-state index < -0.39 is 0 Å². The summed E-state index contributed by atoms with van der Waals surface area (Å²) in [6, 6.07) is 3.62. The molecular weight excluding hydrogens is 252 g/mol. The standard InChI is InChI=1S/C16H26N2O2/c1-11-6-5-7-12(10-11)19-14-9-8-13(17)15(18-14)20-16(2,3)4/h8-9,11-12H,5-7,10,17H2,1-4H3. The van der Waals surface area contributed by atoms with Gasteiger partial charge in [-0.05, 0) is 52.0 Å². The van der Waals surface area contributed by atoms with Crippen molar-refractivity contribution in [2.75, 3.05) is 5.73 Å². The van der Waals surface area contributed by atoms with E-state index >= 15 is 0 Å². The molecule has 4 nitrogen and oxygen atoms in total. The van der Waals surface area contributed by atoms with Crippen molar-refractivity contribution in [3.8, 4) is 11.8 Å². The van der Waals surface area contributed by atoms with Gasteiger partial charge in [-0.3, -0.25) is 0 Å². The first kappa shape index (κ1) is 14.9. The SMILES string of the molecule is CC1CCCC(Oc2ccc(N)c(OC(C)(C)C)n2)C1. The highest BCUT2D eigenvalue weighted by atomic mass is 16.5. The molecule has 20 heavy (non-hydrogen) atoms. The molecule has 0 aromatic carbocycles. The molecule has 1 aromatic rings. The van der Waals surface area contributed by atoms with E-state index in [1.807, 2.05) is 26.8 Å². The molecule has 1 aliphatic rings. The van der Waals surface area contributed by atoms with Crippen LogP contribution in [0, 0.1) is 5.92 Å². The number of nitrogens with two attached hydrogens (primary N) is 1. The Hall–Kier alpha value is -1.45. The molecule has 1 heterocycles. The molecule has 112 valence electrons. The monoisotopic (exact) mass is 278 g/mol. The van der Waals surface area contributed by atoms with E-state index in [4.69, 9.17) is 15.2 Å². The fraction of sp³-hybridized carbons (Fsp3) is 0.688. The highest BCUT2D eigenvalue weighted by Crippen LogP contribution is 2.30. The maximum Gasteiger partial charge on any atom is 0.241 e. The van der Waals surface area contributed by atoms with Gasteiger partial charge in [0, 0.05) is 6.07 Å². The summed E-state index contributed by atoms with van der Waals surface area (Å²) < 4.78 is 11.8. The third kappa shape index (κ3) is 4.29. The summed E-state index contributed by atoms with van der Waals surface area (Å²) in [5.74, 6) is 1.80. The van der Waals surface area contributed by atoms with E-state index in [1.165, 1.54) is 12.8 Å². The Labute approximate surface area is 121 Å². The third-order valence-corrected chi connectivity index (χ3v) is 3.44. The Morgan fingerprint density at radius 3 is 2.65 bits per heavy atom. The zero-order chi connectivity index (χ0) is 14.8. The third-order valence-electron chi connectivity index (χ3n) is 3.44. The van der Waals surface area contributed by atoms with Crippen LogP contribution in [0.1, 0.15) is 53.4 Å². The van der Waals surface area contributed by atoms with Crippen molar-refractivity contribution in [3.63, 3.8) is 0 Å². The first-order valence-corrected chi connectivity index (χ1v) is 7.45. The lowest BCUT2D eigenvalue weighted by Crippen LogP contribution is -2.26. The lowest BCUT2D eigenvalue weighted by atomic mass is 9.89. The van der Waals surface area contributed by atoms with Gasteiger partial charge in [0.25, 0.3) is 0 Å². The summed E-state index contributed by atoms with van der Waals surface area (Å²) in [7, 11) is 0. The Balaban J connectivity index is 2.07. The molecule has 0 saturated heterocycles. The van der Waals surface area contributed by atoms with Gasteiger partial charge in [0.1, 0.15) is 11.7 Å². The first-order chi connectivity index (χ1) is 9.33. The number of hydrogen-bond acceptors (Lipinski definition) is 4. The number of rotatable bonds is 3. The molecule has 0 spiro atoms. The van der Waals surface area contributed by atoms with Crippen LogP contribution in [-0.4, -0.2) is 16.7 Å². The zero-order valence-corrected chi connectivity index (χ0v) is 13.0. The van der Waals surface area contributed by atoms with Gasteiger partial charge in [-0.1, -0.05) is 13.3 Å². The molecule has 1 aliphatic carbocycles. The molecule has 2 rings (SSSR count). The number of nitrogen functional groups attached to an aromatic ring is 1. The summed E-state index contributed by atoms with van der Waals surface area (Å²) >= 11 is 0. The fourth-order valence-corrected chi connectivity index (χ4v) is 2.53. The summed E-state index contributed by atoms with van der Waals surface area (Å²) in [4.78, 5) is 4.41. The second-order valence-electron chi connectivity index (χ2n) is 6.77. The fourth-order valence-electron chi connectivity index (χ4n) is 2.53. The minimum Gasteiger partial charge on any atom is -0.474 e. The Kier molecular flexibility index (Phi) is 4.41. The van der Waals surface area contributed by atoms with Crippen LogP contribution in [0.4, 0.5) is 5.69 Å². The first-order valence-electron chi connectivity index (χ1n) is 7.45. The Bertz CT molecular complexity index is 454. The second kappa shape index (κ2) is 5.90. The highest BCUT2D eigenvalue weighted by molar-refractivity contribution is 5.49. The van der Waals surface area contributed by atoms with Gasteiger partial charge in [-0.2, -0.15) is 4.98 Å². The van der Waals surface area contributed by atoms with Crippen LogP contribution in [0.15, 0.2) is 12.1 Å². The predicted molar refractivity (Wildman–Crippen MR) is 81.1 cm³/mol. The van der Waals surface area contributed by atoms with Crippen molar-refractivity contribution >= 4 is 5.69 Å². The minimum absolute atomic E-state index is 0.261. The van der Waals surface area contributed by atoms with Crippen molar-refractivity contribution in [1.82, 2.24) is 4.98 Å². The van der Waals surface area contributed by atoms with Crippen molar-refractivity contribution < 1.29 is 9.47 Å². The minimum atomic E-state index is -0.320. The van der Waals surface area contributed by atoms with Crippen LogP contribution in [0.3, 0.4) is 0 Å². The molecule has 0 bridgehead atoms. The van der Waals surface area contributed by atoms with Crippen molar-refractivity contribution in [2.24, 2.45) is 5.92 Å². The molecule has 2 unspecified atom stereocenters. The van der Waals surface area contributed by atoms with E-state index in [0.717, 1.165) is 18.8 Å². The molecule has 1 fully saturated rings. The average Bonchev–Trinajstić information content (AvgIpc) is 2.32. The van der Waals surface area contributed by atoms with Crippen LogP contribution < -0.4 is 15.2 Å². The largest absolute Gasteiger partial charge is 0.474 e. The van der Waals surface area contributed by atoms with Crippen LogP contribution >= 0.6 is 0 Å². The Morgan fingerprint density at radius 1 is 1.25 bits per heavy atom. The van der Waals surface area contributed by atoms with Crippen LogP contribution in [0.25, 0.3) is 0 Å². The van der Waals surface area contributed by atoms with Crippen molar-refractivity contribution in [2.45, 2.75) is 65.1 Å². The van der Waals surface area contributed by atoms with Gasteiger partial charge in [-0.25, -0.2) is 0 Å². The van der Waals surface area contributed by atoms with E-state index in [9.17, 15) is 0 Å². The van der Waals surface area contributed by atoms with Crippen molar-refractivity contribution in [3.05, 3.63) is 12.1 Å². The summed E-state index contributed by atoms with van der Waals surface area (Å²) in [5, 5.41) is 0. The molecule has 0 radical (unpaired) electrons. The molecule has 1 aromatic heterocycles. The highest BCUT2D eigenvalue weighted by Gasteiger charge is 2.21. The molecular formula is C16H26N2O2. The molecule has 0 aliphatic heterocycles. The van der Waals surface area contributed by atoms with Crippen molar-refractivity contribution in [1.29, 1.82) is 0 Å².